The van der Waals surface area contributed by atoms with E-state index in [2.05, 4.69) is 4.98 Å². The van der Waals surface area contributed by atoms with Crippen molar-refractivity contribution in [2.45, 2.75) is 19.4 Å². The number of nitrogen functional groups attached to an aromatic ring is 1. The summed E-state index contributed by atoms with van der Waals surface area (Å²) in [6.45, 7) is 1.84. The molecular weight excluding hydrogens is 293 g/mol. The van der Waals surface area contributed by atoms with Crippen molar-refractivity contribution < 1.29 is 9.18 Å². The van der Waals surface area contributed by atoms with E-state index >= 15 is 0 Å². The zero-order valence-corrected chi connectivity index (χ0v) is 12.2. The van der Waals surface area contributed by atoms with Gasteiger partial charge in [-0.25, -0.2) is 9.37 Å². The molecule has 110 valence electrons. The van der Waals surface area contributed by atoms with E-state index in [9.17, 15) is 9.18 Å². The Labute approximate surface area is 126 Å². The van der Waals surface area contributed by atoms with Gasteiger partial charge >= 0.3 is 0 Å². The molecule has 0 aliphatic heterocycles. The van der Waals surface area contributed by atoms with E-state index in [1.54, 1.807) is 0 Å². The zero-order valence-electron chi connectivity index (χ0n) is 11.4. The van der Waals surface area contributed by atoms with Crippen LogP contribution in [0.3, 0.4) is 0 Å². The molecule has 6 heteroatoms. The van der Waals surface area contributed by atoms with Gasteiger partial charge in [0.1, 0.15) is 11.6 Å². The van der Waals surface area contributed by atoms with Crippen LogP contribution >= 0.6 is 11.6 Å². The fourth-order valence-electron chi connectivity index (χ4n) is 1.97. The van der Waals surface area contributed by atoms with Crippen molar-refractivity contribution in [2.24, 2.45) is 5.73 Å². The van der Waals surface area contributed by atoms with E-state index < -0.39 is 17.6 Å². The number of aromatic nitrogens is 1. The minimum absolute atomic E-state index is 0.0429. The van der Waals surface area contributed by atoms with Crippen LogP contribution in [0.25, 0.3) is 0 Å². The fourth-order valence-corrected chi connectivity index (χ4v) is 2.20. The summed E-state index contributed by atoms with van der Waals surface area (Å²) < 4.78 is 14.6. The van der Waals surface area contributed by atoms with Gasteiger partial charge in [0.25, 0.3) is 0 Å². The van der Waals surface area contributed by atoms with E-state index in [0.29, 0.717) is 6.42 Å². The predicted octanol–water partition coefficient (Wildman–Crippen LogP) is 3.10. The summed E-state index contributed by atoms with van der Waals surface area (Å²) in [5, 5.41) is 0.0429. The Balaban J connectivity index is 2.52. The maximum absolute atomic E-state index is 14.6. The maximum atomic E-state index is 14.6. The van der Waals surface area contributed by atoms with Gasteiger partial charge in [-0.15, -0.1) is 0 Å². The van der Waals surface area contributed by atoms with Gasteiger partial charge in [-0.2, -0.15) is 0 Å². The minimum Gasteiger partial charge on any atom is -0.384 e. The Morgan fingerprint density at radius 2 is 2.10 bits per heavy atom. The smallest absolute Gasteiger partial charge is 0.199 e. The molecule has 1 aromatic carbocycles. The van der Waals surface area contributed by atoms with Gasteiger partial charge in [0.05, 0.1) is 10.6 Å². The number of hydrogen-bond donors (Lipinski definition) is 2. The third-order valence-corrected chi connectivity index (χ3v) is 3.55. The Kier molecular flexibility index (Phi) is 4.55. The third kappa shape index (κ3) is 3.04. The number of carbonyl (C=O) groups is 1. The maximum Gasteiger partial charge on any atom is 0.199 e. The predicted molar refractivity (Wildman–Crippen MR) is 80.7 cm³/mol. The van der Waals surface area contributed by atoms with Crippen LogP contribution in [-0.4, -0.2) is 10.8 Å². The second-order valence-corrected chi connectivity index (χ2v) is 5.05. The second-order valence-electron chi connectivity index (χ2n) is 4.64. The summed E-state index contributed by atoms with van der Waals surface area (Å²) in [6, 6.07) is 5.45. The lowest BCUT2D eigenvalue weighted by atomic mass is 9.97. The number of rotatable bonds is 4. The van der Waals surface area contributed by atoms with Gasteiger partial charge in [-0.05, 0) is 24.6 Å². The first-order valence-corrected chi connectivity index (χ1v) is 6.83. The molecule has 4 N–H and O–H groups in total. The van der Waals surface area contributed by atoms with Crippen molar-refractivity contribution in [3.63, 3.8) is 0 Å². The normalized spacial score (nSPS) is 12.2. The summed E-state index contributed by atoms with van der Waals surface area (Å²) in [5.41, 5.74) is 11.6. The first kappa shape index (κ1) is 15.4. The first-order valence-electron chi connectivity index (χ1n) is 6.45. The highest BCUT2D eigenvalue weighted by atomic mass is 35.5. The fraction of sp³-hybridized carbons (Fsp3) is 0.200. The Hall–Kier alpha value is -1.98. The lowest BCUT2D eigenvalue weighted by Crippen LogP contribution is -2.15. The highest BCUT2D eigenvalue weighted by Gasteiger charge is 2.22. The van der Waals surface area contributed by atoms with Crippen molar-refractivity contribution in [3.8, 4) is 0 Å². The number of carbonyl (C=O) groups excluding carboxylic acids is 1. The van der Waals surface area contributed by atoms with E-state index in [0.717, 1.165) is 0 Å². The molecule has 2 rings (SSSR count). The number of ketones is 1. The summed E-state index contributed by atoms with van der Waals surface area (Å²) in [7, 11) is 0. The number of pyridine rings is 1. The van der Waals surface area contributed by atoms with Crippen molar-refractivity contribution in [1.29, 1.82) is 0 Å². The van der Waals surface area contributed by atoms with Gasteiger partial charge in [-0.3, -0.25) is 4.79 Å². The molecule has 0 bridgehead atoms. The molecule has 0 fully saturated rings. The van der Waals surface area contributed by atoms with E-state index in [4.69, 9.17) is 23.1 Å². The van der Waals surface area contributed by atoms with Crippen LogP contribution in [0, 0.1) is 5.82 Å². The lowest BCUT2D eigenvalue weighted by molar-refractivity contribution is 0.103. The number of halogens is 2. The molecule has 0 unspecified atom stereocenters. The molecule has 0 amide bonds. The zero-order chi connectivity index (χ0) is 15.6. The second kappa shape index (κ2) is 6.20. The van der Waals surface area contributed by atoms with Gasteiger partial charge in [0.15, 0.2) is 5.78 Å². The first-order chi connectivity index (χ1) is 9.95. The third-order valence-electron chi connectivity index (χ3n) is 3.24. The summed E-state index contributed by atoms with van der Waals surface area (Å²) in [5.74, 6) is -0.950. The van der Waals surface area contributed by atoms with Crippen LogP contribution in [0.4, 0.5) is 10.2 Å². The van der Waals surface area contributed by atoms with E-state index in [1.165, 1.54) is 30.5 Å². The number of anilines is 1. The highest BCUT2D eigenvalue weighted by Crippen LogP contribution is 2.28. The molecule has 2 aromatic rings. The molecule has 21 heavy (non-hydrogen) atoms. The molecule has 1 heterocycles. The Bertz CT molecular complexity index is 673. The monoisotopic (exact) mass is 307 g/mol. The average Bonchev–Trinajstić information content (AvgIpc) is 2.47. The van der Waals surface area contributed by atoms with Crippen molar-refractivity contribution >= 4 is 23.2 Å². The summed E-state index contributed by atoms with van der Waals surface area (Å²) in [6.07, 6.45) is 1.84. The summed E-state index contributed by atoms with van der Waals surface area (Å²) in [4.78, 5) is 16.2. The van der Waals surface area contributed by atoms with E-state index in [-0.39, 0.29) is 27.5 Å². The van der Waals surface area contributed by atoms with Crippen LogP contribution in [-0.2, 0) is 0 Å². The SMILES string of the molecule is CC[C@H](N)c1ccc(Cl)c(C(=O)c2ccc(N)nc2)c1F. The van der Waals surface area contributed by atoms with Crippen LogP contribution in [0.1, 0.15) is 40.9 Å². The van der Waals surface area contributed by atoms with Gasteiger partial charge in [-0.1, -0.05) is 24.6 Å². The number of nitrogens with two attached hydrogens (primary N) is 2. The van der Waals surface area contributed by atoms with Crippen LogP contribution in [0.2, 0.25) is 5.02 Å². The van der Waals surface area contributed by atoms with Crippen LogP contribution in [0.5, 0.6) is 0 Å². The molecule has 1 aromatic heterocycles. The molecular formula is C15H15ClFN3O. The molecule has 0 saturated heterocycles. The standard InChI is InChI=1S/C15H15ClFN3O/c1-2-11(18)9-4-5-10(16)13(14(9)17)15(21)8-3-6-12(19)20-7-8/h3-7,11H,2,18H2,1H3,(H2,19,20)/t11-/m0/s1. The van der Waals surface area contributed by atoms with Crippen LogP contribution in [0.15, 0.2) is 30.5 Å². The van der Waals surface area contributed by atoms with Gasteiger partial charge < -0.3 is 11.5 Å². The molecule has 0 aliphatic carbocycles. The number of hydrogen-bond acceptors (Lipinski definition) is 4. The van der Waals surface area contributed by atoms with Crippen molar-refractivity contribution in [3.05, 3.63) is 58.0 Å². The Morgan fingerprint density at radius 1 is 1.38 bits per heavy atom. The minimum atomic E-state index is -0.682. The molecule has 1 atom stereocenters. The van der Waals surface area contributed by atoms with Crippen molar-refractivity contribution in [1.82, 2.24) is 4.98 Å². The van der Waals surface area contributed by atoms with Gasteiger partial charge in [0, 0.05) is 23.4 Å². The van der Waals surface area contributed by atoms with E-state index in [1.807, 2.05) is 6.92 Å². The summed E-state index contributed by atoms with van der Waals surface area (Å²) >= 11 is 5.98. The Morgan fingerprint density at radius 3 is 2.67 bits per heavy atom. The number of benzene rings is 1. The molecule has 0 saturated carbocycles. The topological polar surface area (TPSA) is 82.0 Å². The van der Waals surface area contributed by atoms with Crippen LogP contribution < -0.4 is 11.5 Å². The molecule has 0 spiro atoms. The van der Waals surface area contributed by atoms with Crippen molar-refractivity contribution in [2.75, 3.05) is 5.73 Å². The molecule has 0 radical (unpaired) electrons. The average molecular weight is 308 g/mol. The molecule has 4 nitrogen and oxygen atoms in total. The highest BCUT2D eigenvalue weighted by molar-refractivity contribution is 6.35. The quantitative estimate of drug-likeness (QED) is 0.850. The number of nitrogens with zero attached hydrogens (tertiary/aromatic N) is 1. The van der Waals surface area contributed by atoms with Gasteiger partial charge in [0.2, 0.25) is 0 Å². The largest absolute Gasteiger partial charge is 0.384 e. The lowest BCUT2D eigenvalue weighted by Gasteiger charge is -2.14. The molecule has 0 aliphatic rings.